The molecule has 0 amide bonds. The summed E-state index contributed by atoms with van der Waals surface area (Å²) in [4.78, 5) is 0. The monoisotopic (exact) mass is 116 g/mol. The molecule has 0 aromatic heterocycles. The van der Waals surface area contributed by atoms with Gasteiger partial charge in [0.1, 0.15) is 0 Å². The lowest BCUT2D eigenvalue weighted by atomic mass is 11.0. The number of hydrogen-bond donors (Lipinski definition) is 1. The second kappa shape index (κ2) is 2.23. The van der Waals surface area contributed by atoms with Gasteiger partial charge >= 0.3 is 0 Å². The van der Waals surface area contributed by atoms with Gasteiger partial charge in [-0.2, -0.15) is 0 Å². The van der Waals surface area contributed by atoms with Gasteiger partial charge < -0.3 is 10.1 Å². The van der Waals surface area contributed by atoms with E-state index in [9.17, 15) is 0 Å². The Bertz CT molecular complexity index is 75.8. The van der Waals surface area contributed by atoms with Gasteiger partial charge in [-0.3, -0.25) is 0 Å². The van der Waals surface area contributed by atoms with E-state index in [2.05, 4.69) is 11.5 Å². The molecule has 0 bridgehead atoms. The lowest BCUT2D eigenvalue weighted by molar-refractivity contribution is 0.159. The molecule has 1 rings (SSSR count). The molecule has 0 saturated heterocycles. The predicted molar refractivity (Wildman–Crippen MR) is 29.3 cm³/mol. The van der Waals surface area contributed by atoms with Gasteiger partial charge in [0, 0.05) is 12.5 Å². The molecule has 2 nitrogen and oxygen atoms in total. The average Bonchev–Trinajstić information content (AvgIpc) is 2.14. The standard InChI is InChI=1S/C4H6NOS/c1-6-4-5-2-3-7-4/h3-5H,1H3. The SMILES string of the molecule is COC1N[C]=CS1. The predicted octanol–water partition coefficient (Wildman–Crippen LogP) is 0.527. The van der Waals surface area contributed by atoms with E-state index < -0.39 is 0 Å². The molecule has 0 saturated carbocycles. The Morgan fingerprint density at radius 2 is 2.86 bits per heavy atom. The van der Waals surface area contributed by atoms with Gasteiger partial charge in [-0.25, -0.2) is 0 Å². The van der Waals surface area contributed by atoms with E-state index in [1.807, 2.05) is 5.41 Å². The summed E-state index contributed by atoms with van der Waals surface area (Å²) in [5.74, 6) is 0. The molecule has 1 aliphatic rings. The van der Waals surface area contributed by atoms with Crippen molar-refractivity contribution in [2.24, 2.45) is 0 Å². The van der Waals surface area contributed by atoms with Gasteiger partial charge in [0.2, 0.25) is 0 Å². The van der Waals surface area contributed by atoms with E-state index in [4.69, 9.17) is 4.74 Å². The first-order valence-corrected chi connectivity index (χ1v) is 2.89. The van der Waals surface area contributed by atoms with Crippen molar-refractivity contribution in [1.29, 1.82) is 0 Å². The molecule has 1 aliphatic heterocycles. The third kappa shape index (κ3) is 1.11. The van der Waals surface area contributed by atoms with Crippen molar-refractivity contribution in [2.45, 2.75) is 5.56 Å². The maximum Gasteiger partial charge on any atom is 0.179 e. The van der Waals surface area contributed by atoms with Crippen LogP contribution in [0.3, 0.4) is 0 Å². The zero-order valence-corrected chi connectivity index (χ0v) is 4.79. The summed E-state index contributed by atoms with van der Waals surface area (Å²) in [6.07, 6.45) is 2.79. The summed E-state index contributed by atoms with van der Waals surface area (Å²) >= 11 is 1.57. The lowest BCUT2D eigenvalue weighted by Crippen LogP contribution is -2.17. The van der Waals surface area contributed by atoms with Crippen LogP contribution in [-0.4, -0.2) is 12.7 Å². The normalized spacial score (nSPS) is 27.9. The van der Waals surface area contributed by atoms with E-state index in [1.54, 1.807) is 18.9 Å². The molecule has 0 aromatic rings. The van der Waals surface area contributed by atoms with Gasteiger partial charge in [0.15, 0.2) is 5.56 Å². The Labute approximate surface area is 46.9 Å². The Hall–Kier alpha value is -0.150. The fourth-order valence-corrected chi connectivity index (χ4v) is 0.853. The maximum absolute atomic E-state index is 4.87. The highest BCUT2D eigenvalue weighted by Gasteiger charge is 2.05. The van der Waals surface area contributed by atoms with E-state index in [1.165, 1.54) is 0 Å². The Balaban J connectivity index is 2.22. The highest BCUT2D eigenvalue weighted by atomic mass is 32.2. The third-order valence-electron chi connectivity index (χ3n) is 0.666. The van der Waals surface area contributed by atoms with E-state index in [-0.39, 0.29) is 5.56 Å². The Morgan fingerprint density at radius 1 is 2.00 bits per heavy atom. The molecule has 39 valence electrons. The van der Waals surface area contributed by atoms with Crippen LogP contribution in [0.1, 0.15) is 0 Å². The summed E-state index contributed by atoms with van der Waals surface area (Å²) in [6.45, 7) is 0. The topological polar surface area (TPSA) is 21.3 Å². The van der Waals surface area contributed by atoms with Crippen LogP contribution in [-0.2, 0) is 4.74 Å². The molecule has 1 N–H and O–H groups in total. The molecule has 0 aliphatic carbocycles. The Kier molecular flexibility index (Phi) is 1.59. The number of thioether (sulfide) groups is 1. The van der Waals surface area contributed by atoms with Crippen LogP contribution in [0.15, 0.2) is 5.41 Å². The van der Waals surface area contributed by atoms with Crippen molar-refractivity contribution < 1.29 is 4.74 Å². The van der Waals surface area contributed by atoms with Crippen molar-refractivity contribution in [1.82, 2.24) is 5.32 Å². The van der Waals surface area contributed by atoms with Crippen LogP contribution >= 0.6 is 11.8 Å². The van der Waals surface area contributed by atoms with Crippen molar-refractivity contribution in [2.75, 3.05) is 7.11 Å². The van der Waals surface area contributed by atoms with Crippen molar-refractivity contribution in [3.05, 3.63) is 11.6 Å². The molecule has 0 aromatic carbocycles. The van der Waals surface area contributed by atoms with E-state index in [0.29, 0.717) is 0 Å². The smallest absolute Gasteiger partial charge is 0.179 e. The second-order valence-electron chi connectivity index (χ2n) is 1.11. The van der Waals surface area contributed by atoms with Crippen LogP contribution in [0.5, 0.6) is 0 Å². The fraction of sp³-hybridized carbons (Fsp3) is 0.500. The zero-order chi connectivity index (χ0) is 5.11. The first-order chi connectivity index (χ1) is 3.43. The number of methoxy groups -OCH3 is 1. The molecular formula is C4H6NOS. The van der Waals surface area contributed by atoms with E-state index >= 15 is 0 Å². The van der Waals surface area contributed by atoms with Gasteiger partial charge in [0.05, 0.1) is 6.20 Å². The van der Waals surface area contributed by atoms with Crippen LogP contribution < -0.4 is 5.32 Å². The van der Waals surface area contributed by atoms with Gasteiger partial charge in [-0.05, 0) is 0 Å². The van der Waals surface area contributed by atoms with Gasteiger partial charge in [-0.1, -0.05) is 11.8 Å². The first-order valence-electron chi connectivity index (χ1n) is 1.94. The van der Waals surface area contributed by atoms with E-state index in [0.717, 1.165) is 0 Å². The van der Waals surface area contributed by atoms with Crippen molar-refractivity contribution in [3.8, 4) is 0 Å². The molecule has 1 radical (unpaired) electrons. The number of ether oxygens (including phenoxy) is 1. The second-order valence-corrected chi connectivity index (χ2v) is 2.05. The molecular weight excluding hydrogens is 110 g/mol. The molecule has 0 spiro atoms. The third-order valence-corrected chi connectivity index (χ3v) is 1.48. The largest absolute Gasteiger partial charge is 0.352 e. The van der Waals surface area contributed by atoms with Crippen molar-refractivity contribution in [3.63, 3.8) is 0 Å². The number of rotatable bonds is 1. The van der Waals surface area contributed by atoms with Gasteiger partial charge in [-0.15, -0.1) is 0 Å². The molecule has 1 atom stereocenters. The maximum atomic E-state index is 4.87. The summed E-state index contributed by atoms with van der Waals surface area (Å²) in [5, 5.41) is 4.68. The van der Waals surface area contributed by atoms with Crippen LogP contribution in [0.2, 0.25) is 0 Å². The highest BCUT2D eigenvalue weighted by Crippen LogP contribution is 2.13. The quantitative estimate of drug-likeness (QED) is 0.540. The number of hydrogen-bond acceptors (Lipinski definition) is 3. The van der Waals surface area contributed by atoms with Crippen LogP contribution in [0, 0.1) is 6.20 Å². The molecule has 7 heavy (non-hydrogen) atoms. The molecule has 0 fully saturated rings. The van der Waals surface area contributed by atoms with Crippen LogP contribution in [0.25, 0.3) is 0 Å². The fourth-order valence-electron chi connectivity index (χ4n) is 0.346. The highest BCUT2D eigenvalue weighted by molar-refractivity contribution is 8.02. The molecule has 1 heterocycles. The lowest BCUT2D eigenvalue weighted by Gasteiger charge is -2.03. The summed E-state index contributed by atoms with van der Waals surface area (Å²) in [6, 6.07) is 0. The van der Waals surface area contributed by atoms with Crippen LogP contribution in [0.4, 0.5) is 0 Å². The first kappa shape index (κ1) is 5.00. The minimum absolute atomic E-state index is 0.0972. The summed E-state index contributed by atoms with van der Waals surface area (Å²) in [5.41, 5.74) is 0.0972. The molecule has 3 heteroatoms. The number of nitrogens with one attached hydrogen (secondary N) is 1. The minimum atomic E-state index is 0.0972. The summed E-state index contributed by atoms with van der Waals surface area (Å²) in [7, 11) is 1.66. The van der Waals surface area contributed by atoms with Gasteiger partial charge in [0.25, 0.3) is 0 Å². The molecule has 1 unspecified atom stereocenters. The summed E-state index contributed by atoms with van der Waals surface area (Å²) < 4.78 is 4.87. The minimum Gasteiger partial charge on any atom is -0.352 e. The van der Waals surface area contributed by atoms with Crippen molar-refractivity contribution >= 4 is 11.8 Å². The zero-order valence-electron chi connectivity index (χ0n) is 3.97. The average molecular weight is 116 g/mol. The Morgan fingerprint density at radius 3 is 3.14 bits per heavy atom.